The number of carbonyl (C=O) groups excluding carboxylic acids is 1. The molecule has 2 aliphatic heterocycles. The molecule has 0 unspecified atom stereocenters. The highest BCUT2D eigenvalue weighted by atomic mass is 35.5. The predicted molar refractivity (Wildman–Crippen MR) is 133 cm³/mol. The van der Waals surface area contributed by atoms with Gasteiger partial charge in [0.15, 0.2) is 0 Å². The number of halogens is 1. The number of fused-ring (bicyclic) bond motifs is 3. The predicted octanol–water partition coefficient (Wildman–Crippen LogP) is 5.67. The minimum atomic E-state index is 0.0668. The number of carbonyl (C=O) groups is 1. The zero-order valence-corrected chi connectivity index (χ0v) is 20.8. The molecule has 1 aliphatic carbocycles. The molecule has 3 aromatic rings. The van der Waals surface area contributed by atoms with Crippen molar-refractivity contribution in [2.24, 2.45) is 0 Å². The normalized spacial score (nSPS) is 30.5. The first-order valence-electron chi connectivity index (χ1n) is 11.9. The van der Waals surface area contributed by atoms with Crippen LogP contribution in [0.3, 0.4) is 0 Å². The SMILES string of the molecule is Cc1nc([C@H]2C[C@@H]2c2ccc(C(=O)N(C)[C@H]3C[C@@H]4CC[C@](C)(C3)N4)cc2Cl)c2ccsc2n1. The summed E-state index contributed by atoms with van der Waals surface area (Å²) in [7, 11) is 1.95. The molecule has 5 nitrogen and oxygen atoms in total. The van der Waals surface area contributed by atoms with E-state index < -0.39 is 0 Å². The van der Waals surface area contributed by atoms with E-state index in [4.69, 9.17) is 16.6 Å². The zero-order valence-electron chi connectivity index (χ0n) is 19.3. The molecule has 7 heteroatoms. The van der Waals surface area contributed by atoms with E-state index in [0.29, 0.717) is 28.5 Å². The molecule has 1 amide bonds. The van der Waals surface area contributed by atoms with Gasteiger partial charge in [-0.2, -0.15) is 0 Å². The second-order valence-corrected chi connectivity index (χ2v) is 11.7. The molecule has 2 bridgehead atoms. The van der Waals surface area contributed by atoms with Gasteiger partial charge < -0.3 is 10.2 Å². The van der Waals surface area contributed by atoms with E-state index in [-0.39, 0.29) is 17.5 Å². The van der Waals surface area contributed by atoms with E-state index in [9.17, 15) is 4.79 Å². The second-order valence-electron chi connectivity index (χ2n) is 10.4. The molecule has 2 aromatic heterocycles. The van der Waals surface area contributed by atoms with Gasteiger partial charge in [-0.05, 0) is 81.0 Å². The Morgan fingerprint density at radius 1 is 1.24 bits per heavy atom. The minimum absolute atomic E-state index is 0.0668. The second kappa shape index (κ2) is 7.76. The number of aryl methyl sites for hydroxylation is 1. The van der Waals surface area contributed by atoms with Gasteiger partial charge in [0.25, 0.3) is 5.91 Å². The van der Waals surface area contributed by atoms with Gasteiger partial charge in [0.05, 0.1) is 5.69 Å². The molecule has 5 atom stereocenters. The molecular formula is C26H29ClN4OS. The Kier molecular flexibility index (Phi) is 5.05. The Labute approximate surface area is 203 Å². The van der Waals surface area contributed by atoms with Gasteiger partial charge in [-0.15, -0.1) is 11.3 Å². The fourth-order valence-corrected chi connectivity index (χ4v) is 7.28. The minimum Gasteiger partial charge on any atom is -0.339 e. The molecule has 1 N–H and O–H groups in total. The molecular weight excluding hydrogens is 452 g/mol. The van der Waals surface area contributed by atoms with Crippen LogP contribution >= 0.6 is 22.9 Å². The molecule has 33 heavy (non-hydrogen) atoms. The van der Waals surface area contributed by atoms with Crippen LogP contribution < -0.4 is 5.32 Å². The van der Waals surface area contributed by atoms with Crippen LogP contribution in [-0.4, -0.2) is 45.4 Å². The van der Waals surface area contributed by atoms with Crippen molar-refractivity contribution in [1.82, 2.24) is 20.2 Å². The molecule has 3 fully saturated rings. The molecule has 172 valence electrons. The summed E-state index contributed by atoms with van der Waals surface area (Å²) in [5, 5.41) is 7.66. The number of benzene rings is 1. The number of amides is 1. The maximum atomic E-state index is 13.3. The number of thiophene rings is 1. The lowest BCUT2D eigenvalue weighted by Crippen LogP contribution is -2.54. The Bertz CT molecular complexity index is 1260. The maximum absolute atomic E-state index is 13.3. The quantitative estimate of drug-likeness (QED) is 0.522. The number of hydrogen-bond donors (Lipinski definition) is 1. The van der Waals surface area contributed by atoms with Gasteiger partial charge in [-0.3, -0.25) is 4.79 Å². The summed E-state index contributed by atoms with van der Waals surface area (Å²) in [6, 6.07) is 8.81. The lowest BCUT2D eigenvalue weighted by molar-refractivity contribution is 0.0648. The average molecular weight is 481 g/mol. The summed E-state index contributed by atoms with van der Waals surface area (Å²) in [5.74, 6) is 1.59. The van der Waals surface area contributed by atoms with Gasteiger partial charge >= 0.3 is 0 Å². The third kappa shape index (κ3) is 3.76. The Hall–Kier alpha value is -2.02. The standard InChI is InChI=1S/C26H29ClN4OS/c1-14-28-23(19-7-9-33-24(19)29-14)21-12-20(21)18-5-4-15(10-22(18)27)25(32)31(3)17-11-16-6-8-26(2,13-17)30-16/h4-5,7,9-10,16-17,20-21,30H,6,8,11-13H2,1-3H3/t16-,17-,20+,21-,26+/m0/s1. The first kappa shape index (κ1) is 21.5. The third-order valence-corrected chi connectivity index (χ3v) is 9.10. The van der Waals surface area contributed by atoms with Crippen LogP contribution in [0.25, 0.3) is 10.2 Å². The van der Waals surface area contributed by atoms with Gasteiger partial charge in [0.1, 0.15) is 10.7 Å². The molecule has 3 aliphatic rings. The molecule has 6 rings (SSSR count). The highest BCUT2D eigenvalue weighted by Gasteiger charge is 2.45. The largest absolute Gasteiger partial charge is 0.339 e. The smallest absolute Gasteiger partial charge is 0.253 e. The summed E-state index contributed by atoms with van der Waals surface area (Å²) < 4.78 is 0. The number of nitrogens with one attached hydrogen (secondary N) is 1. The highest BCUT2D eigenvalue weighted by molar-refractivity contribution is 7.16. The Morgan fingerprint density at radius 3 is 2.88 bits per heavy atom. The van der Waals surface area contributed by atoms with Gasteiger partial charge in [-0.1, -0.05) is 17.7 Å². The highest BCUT2D eigenvalue weighted by Crippen LogP contribution is 2.57. The van der Waals surface area contributed by atoms with Crippen molar-refractivity contribution < 1.29 is 4.79 Å². The van der Waals surface area contributed by atoms with Crippen LogP contribution in [0.4, 0.5) is 0 Å². The Balaban J connectivity index is 1.20. The first-order chi connectivity index (χ1) is 15.8. The lowest BCUT2D eigenvalue weighted by atomic mass is 9.88. The Morgan fingerprint density at radius 2 is 2.09 bits per heavy atom. The molecule has 2 saturated heterocycles. The molecule has 1 aromatic carbocycles. The topological polar surface area (TPSA) is 58.1 Å². The number of nitrogens with zero attached hydrogens (tertiary/aromatic N) is 3. The van der Waals surface area contributed by atoms with Crippen molar-refractivity contribution >= 4 is 39.1 Å². The number of rotatable bonds is 4. The van der Waals surface area contributed by atoms with Crippen LogP contribution in [0, 0.1) is 6.92 Å². The van der Waals surface area contributed by atoms with Crippen LogP contribution in [0.15, 0.2) is 29.6 Å². The van der Waals surface area contributed by atoms with E-state index in [1.807, 2.05) is 31.0 Å². The van der Waals surface area contributed by atoms with Crippen molar-refractivity contribution in [3.63, 3.8) is 0 Å². The lowest BCUT2D eigenvalue weighted by Gasteiger charge is -2.40. The maximum Gasteiger partial charge on any atom is 0.253 e. The van der Waals surface area contributed by atoms with E-state index >= 15 is 0 Å². The van der Waals surface area contributed by atoms with Crippen LogP contribution in [0.5, 0.6) is 0 Å². The van der Waals surface area contributed by atoms with E-state index in [1.54, 1.807) is 11.3 Å². The van der Waals surface area contributed by atoms with Crippen molar-refractivity contribution in [1.29, 1.82) is 0 Å². The van der Waals surface area contributed by atoms with Gasteiger partial charge in [-0.25, -0.2) is 9.97 Å². The summed E-state index contributed by atoms with van der Waals surface area (Å²) in [4.78, 5) is 25.6. The van der Waals surface area contributed by atoms with E-state index in [0.717, 1.165) is 46.6 Å². The fourth-order valence-electron chi connectivity index (χ4n) is 6.14. The summed E-state index contributed by atoms with van der Waals surface area (Å²) in [6.45, 7) is 4.25. The fraction of sp³-hybridized carbons (Fsp3) is 0.500. The number of hydrogen-bond acceptors (Lipinski definition) is 5. The summed E-state index contributed by atoms with van der Waals surface area (Å²) in [5.41, 5.74) is 3.09. The molecule has 1 saturated carbocycles. The van der Waals surface area contributed by atoms with E-state index in [2.05, 4.69) is 34.7 Å². The van der Waals surface area contributed by atoms with Crippen LogP contribution in [0.2, 0.25) is 5.02 Å². The average Bonchev–Trinajstić information content (AvgIpc) is 3.34. The summed E-state index contributed by atoms with van der Waals surface area (Å²) in [6.07, 6.45) is 5.48. The van der Waals surface area contributed by atoms with Crippen LogP contribution in [-0.2, 0) is 0 Å². The van der Waals surface area contributed by atoms with Crippen molar-refractivity contribution in [3.05, 3.63) is 57.3 Å². The van der Waals surface area contributed by atoms with Gasteiger partial charge in [0, 0.05) is 46.6 Å². The molecule has 4 heterocycles. The van der Waals surface area contributed by atoms with E-state index in [1.165, 1.54) is 12.8 Å². The molecule has 0 spiro atoms. The molecule has 0 radical (unpaired) electrons. The van der Waals surface area contributed by atoms with Crippen molar-refractivity contribution in [3.8, 4) is 0 Å². The van der Waals surface area contributed by atoms with Crippen molar-refractivity contribution in [2.75, 3.05) is 7.05 Å². The van der Waals surface area contributed by atoms with Crippen molar-refractivity contribution in [2.45, 2.75) is 75.4 Å². The zero-order chi connectivity index (χ0) is 22.9. The first-order valence-corrected chi connectivity index (χ1v) is 13.1. The van der Waals surface area contributed by atoms with Crippen LogP contribution in [0.1, 0.15) is 78.3 Å². The number of piperidine rings is 1. The summed E-state index contributed by atoms with van der Waals surface area (Å²) >= 11 is 8.41. The monoisotopic (exact) mass is 480 g/mol. The number of aromatic nitrogens is 2. The third-order valence-electron chi connectivity index (χ3n) is 7.96. The van der Waals surface area contributed by atoms with Gasteiger partial charge in [0.2, 0.25) is 0 Å².